The monoisotopic (exact) mass is 501 g/mol. The molecule has 0 bridgehead atoms. The smallest absolute Gasteiger partial charge is 0.319 e. The van der Waals surface area contributed by atoms with Crippen molar-refractivity contribution in [1.29, 1.82) is 0 Å². The topological polar surface area (TPSA) is 70.8 Å². The highest BCUT2D eigenvalue weighted by Gasteiger charge is 2.15. The van der Waals surface area contributed by atoms with E-state index in [2.05, 4.69) is 25.1 Å². The van der Waals surface area contributed by atoms with Gasteiger partial charge in [0.1, 0.15) is 11.5 Å². The van der Waals surface area contributed by atoms with Crippen molar-refractivity contribution in [3.8, 4) is 17.2 Å². The molecule has 0 saturated carbocycles. The Kier molecular flexibility index (Phi) is 9.31. The predicted molar refractivity (Wildman–Crippen MR) is 126 cm³/mol. The van der Waals surface area contributed by atoms with Crippen LogP contribution in [0.15, 0.2) is 59.0 Å². The zero-order valence-corrected chi connectivity index (χ0v) is 20.0. The molecule has 3 rings (SSSR count). The van der Waals surface area contributed by atoms with Crippen molar-refractivity contribution >= 4 is 22.2 Å². The average molecular weight is 502 g/mol. The second-order valence-corrected chi connectivity index (χ2v) is 7.72. The first-order valence-electron chi connectivity index (χ1n) is 10.8. The van der Waals surface area contributed by atoms with Gasteiger partial charge in [-0.2, -0.15) is 0 Å². The van der Waals surface area contributed by atoms with Crippen LogP contribution < -0.4 is 4.74 Å². The minimum absolute atomic E-state index is 0.160. The number of oxazole rings is 1. The Morgan fingerprint density at radius 1 is 1.09 bits per heavy atom. The summed E-state index contributed by atoms with van der Waals surface area (Å²) in [4.78, 5) is 16.1. The lowest BCUT2D eigenvalue weighted by molar-refractivity contribution is -0.135. The molecule has 1 unspecified atom stereocenters. The lowest BCUT2D eigenvalue weighted by atomic mass is 10.0. The highest BCUT2D eigenvalue weighted by Crippen LogP contribution is 2.22. The molecule has 0 aliphatic carbocycles. The van der Waals surface area contributed by atoms with Gasteiger partial charge in [0.25, 0.3) is 0 Å². The number of aryl methyl sites for hydroxylation is 2. The molecular formula is C25H28BrNO5. The van der Waals surface area contributed by atoms with Gasteiger partial charge in [-0.1, -0.05) is 30.3 Å². The molecule has 3 aromatic rings. The van der Waals surface area contributed by atoms with Crippen LogP contribution in [0.3, 0.4) is 0 Å². The van der Waals surface area contributed by atoms with Gasteiger partial charge < -0.3 is 17.7 Å². The summed E-state index contributed by atoms with van der Waals surface area (Å²) >= 11 is 2.72. The summed E-state index contributed by atoms with van der Waals surface area (Å²) in [6, 6.07) is 17.9. The number of nitrogens with zero attached hydrogens (tertiary/aromatic N) is 1. The summed E-state index contributed by atoms with van der Waals surface area (Å²) in [5, 5.41) is 0. The quantitative estimate of drug-likeness (QED) is 0.309. The van der Waals surface area contributed by atoms with Crippen molar-refractivity contribution in [2.45, 2.75) is 45.6 Å². The van der Waals surface area contributed by atoms with E-state index >= 15 is 0 Å². The predicted octanol–water partition coefficient (Wildman–Crippen LogP) is 5.85. The molecule has 7 heteroatoms. The molecule has 0 N–H and O–H groups in total. The fourth-order valence-corrected chi connectivity index (χ4v) is 3.54. The maximum atomic E-state index is 11.5. The van der Waals surface area contributed by atoms with E-state index in [1.807, 2.05) is 68.4 Å². The number of carbonyl (C=O) groups is 1. The van der Waals surface area contributed by atoms with Crippen LogP contribution in [0.4, 0.5) is 0 Å². The Bertz CT molecular complexity index is 972. The summed E-state index contributed by atoms with van der Waals surface area (Å²) in [7, 11) is 0. The van der Waals surface area contributed by atoms with E-state index in [1.165, 1.54) is 0 Å². The molecule has 1 heterocycles. The molecule has 170 valence electrons. The molecule has 0 amide bonds. The molecule has 32 heavy (non-hydrogen) atoms. The number of rotatable bonds is 12. The van der Waals surface area contributed by atoms with Gasteiger partial charge in [0.15, 0.2) is 16.3 Å². The number of halogens is 1. The Labute approximate surface area is 197 Å². The minimum Gasteiger partial charge on any atom is -0.493 e. The van der Waals surface area contributed by atoms with Crippen molar-refractivity contribution in [2.24, 2.45) is 0 Å². The highest BCUT2D eigenvalue weighted by atomic mass is 79.9. The van der Waals surface area contributed by atoms with Crippen molar-refractivity contribution in [2.75, 3.05) is 13.2 Å². The largest absolute Gasteiger partial charge is 0.493 e. The summed E-state index contributed by atoms with van der Waals surface area (Å²) in [5.74, 6) is 1.93. The van der Waals surface area contributed by atoms with Gasteiger partial charge >= 0.3 is 5.97 Å². The third-order valence-electron chi connectivity index (χ3n) is 5.08. The molecule has 0 saturated heterocycles. The van der Waals surface area contributed by atoms with Crippen LogP contribution in [0.1, 0.15) is 36.8 Å². The van der Waals surface area contributed by atoms with Gasteiger partial charge in [-0.3, -0.25) is 4.79 Å². The fourth-order valence-electron chi connectivity index (χ4n) is 3.41. The zero-order chi connectivity index (χ0) is 22.8. The zero-order valence-electron chi connectivity index (χ0n) is 18.4. The van der Waals surface area contributed by atoms with Crippen molar-refractivity contribution in [3.05, 3.63) is 71.6 Å². The average Bonchev–Trinajstić information content (AvgIpc) is 3.19. The van der Waals surface area contributed by atoms with Gasteiger partial charge in [0, 0.05) is 18.6 Å². The summed E-state index contributed by atoms with van der Waals surface area (Å²) in [5.41, 5.74) is 3.03. The molecule has 0 aliphatic rings. The maximum Gasteiger partial charge on any atom is 0.319 e. The van der Waals surface area contributed by atoms with Crippen LogP contribution in [0.2, 0.25) is 0 Å². The van der Waals surface area contributed by atoms with Gasteiger partial charge in [0.2, 0.25) is 5.89 Å². The van der Waals surface area contributed by atoms with Crippen LogP contribution in [0.25, 0.3) is 11.5 Å². The number of benzene rings is 2. The molecule has 2 aromatic carbocycles. The number of carbonyl (C=O) groups excluding carboxylic acids is 1. The molecule has 6 nitrogen and oxygen atoms in total. The Hall–Kier alpha value is -2.64. The minimum atomic E-state index is -0.328. The summed E-state index contributed by atoms with van der Waals surface area (Å²) in [6.45, 7) is 4.92. The molecule has 0 spiro atoms. The third-order valence-corrected chi connectivity index (χ3v) is 5.44. The SMILES string of the molecule is CCOC(CCc1ccc(OCCc2nc(-c3ccccc3)oc2C)cc1)CC(=O)OBr. The molecule has 0 aliphatic heterocycles. The van der Waals surface area contributed by atoms with Gasteiger partial charge in [-0.05, 0) is 56.5 Å². The van der Waals surface area contributed by atoms with Gasteiger partial charge in [0.05, 0.1) is 24.8 Å². The van der Waals surface area contributed by atoms with Crippen LogP contribution in [0.5, 0.6) is 5.75 Å². The first-order chi connectivity index (χ1) is 15.6. The Morgan fingerprint density at radius 2 is 1.84 bits per heavy atom. The van der Waals surface area contributed by atoms with Crippen LogP contribution in [0, 0.1) is 6.92 Å². The van der Waals surface area contributed by atoms with Crippen molar-refractivity contribution in [3.63, 3.8) is 0 Å². The van der Waals surface area contributed by atoms with E-state index in [-0.39, 0.29) is 18.5 Å². The van der Waals surface area contributed by atoms with E-state index in [0.29, 0.717) is 25.5 Å². The summed E-state index contributed by atoms with van der Waals surface area (Å²) < 4.78 is 21.9. The summed E-state index contributed by atoms with van der Waals surface area (Å²) in [6.07, 6.45) is 2.29. The van der Waals surface area contributed by atoms with Crippen molar-refractivity contribution in [1.82, 2.24) is 4.98 Å². The normalized spacial score (nSPS) is 11.8. The van der Waals surface area contributed by atoms with Crippen LogP contribution in [-0.2, 0) is 26.2 Å². The second-order valence-electron chi connectivity index (χ2n) is 7.40. The first-order valence-corrected chi connectivity index (χ1v) is 11.4. The molecular weight excluding hydrogens is 474 g/mol. The maximum absolute atomic E-state index is 11.5. The fraction of sp³-hybridized carbons (Fsp3) is 0.360. The number of ether oxygens (including phenoxy) is 2. The van der Waals surface area contributed by atoms with Gasteiger partial charge in [-0.25, -0.2) is 4.98 Å². The van der Waals surface area contributed by atoms with E-state index in [0.717, 1.165) is 41.2 Å². The van der Waals surface area contributed by atoms with Crippen molar-refractivity contribution < 1.29 is 22.5 Å². The molecule has 0 radical (unpaired) electrons. The van der Waals surface area contributed by atoms with E-state index < -0.39 is 0 Å². The highest BCUT2D eigenvalue weighted by molar-refractivity contribution is 9.06. The number of hydrogen-bond donors (Lipinski definition) is 0. The van der Waals surface area contributed by atoms with Crippen LogP contribution in [-0.4, -0.2) is 30.3 Å². The molecule has 1 aromatic heterocycles. The van der Waals surface area contributed by atoms with Gasteiger partial charge in [-0.15, -0.1) is 0 Å². The second kappa shape index (κ2) is 12.4. The Balaban J connectivity index is 1.47. The third kappa shape index (κ3) is 7.21. The number of hydrogen-bond acceptors (Lipinski definition) is 6. The molecule has 1 atom stereocenters. The first kappa shape index (κ1) is 24.0. The number of aromatic nitrogens is 1. The van der Waals surface area contributed by atoms with E-state index in [1.54, 1.807) is 0 Å². The van der Waals surface area contributed by atoms with Crippen LogP contribution >= 0.6 is 16.3 Å². The molecule has 0 fully saturated rings. The lowest BCUT2D eigenvalue weighted by Gasteiger charge is -2.15. The standard InChI is InChI=1S/C25H28BrNO5/c1-3-29-22(17-24(28)32-26)14-11-19-9-12-21(13-10-19)30-16-15-23-18(2)31-25(27-23)20-7-5-4-6-8-20/h4-10,12-13,22H,3,11,14-17H2,1-2H3. The lowest BCUT2D eigenvalue weighted by Crippen LogP contribution is -2.18. The van der Waals surface area contributed by atoms with E-state index in [4.69, 9.17) is 13.9 Å². The Morgan fingerprint density at radius 3 is 2.53 bits per heavy atom. The van der Waals surface area contributed by atoms with E-state index in [9.17, 15) is 4.79 Å².